The van der Waals surface area contributed by atoms with E-state index >= 15 is 0 Å². The molecule has 0 amide bonds. The van der Waals surface area contributed by atoms with Gasteiger partial charge in [0.25, 0.3) is 5.56 Å². The molecule has 0 N–H and O–H groups in total. The highest BCUT2D eigenvalue weighted by Gasteiger charge is 2.24. The van der Waals surface area contributed by atoms with Gasteiger partial charge in [-0.1, -0.05) is 12.1 Å². The lowest BCUT2D eigenvalue weighted by Gasteiger charge is -2.18. The van der Waals surface area contributed by atoms with Crippen LogP contribution in [0.3, 0.4) is 0 Å². The van der Waals surface area contributed by atoms with Crippen molar-refractivity contribution in [2.75, 3.05) is 0 Å². The maximum absolute atomic E-state index is 12.5. The molecule has 6 nitrogen and oxygen atoms in total. The summed E-state index contributed by atoms with van der Waals surface area (Å²) in [7, 11) is 0. The lowest BCUT2D eigenvalue weighted by atomic mass is 9.89. The summed E-state index contributed by atoms with van der Waals surface area (Å²) in [6, 6.07) is -1.11. The first kappa shape index (κ1) is 13.2. The van der Waals surface area contributed by atoms with E-state index in [0.29, 0.717) is 16.1 Å². The van der Waals surface area contributed by atoms with Crippen molar-refractivity contribution >= 4 is 27.5 Å². The second-order valence-corrected chi connectivity index (χ2v) is 6.45. The number of thiophene rings is 1. The quantitative estimate of drug-likeness (QED) is 0.793. The Morgan fingerprint density at radius 1 is 1.55 bits per heavy atom. The molecule has 7 heteroatoms. The van der Waals surface area contributed by atoms with E-state index < -0.39 is 12.0 Å². The number of aromatic nitrogens is 3. The minimum absolute atomic E-state index is 0.376. The number of carboxylic acids is 1. The van der Waals surface area contributed by atoms with Crippen LogP contribution < -0.4 is 10.7 Å². The number of hydrogen-bond donors (Lipinski definition) is 0. The molecule has 1 aliphatic rings. The number of carbonyl (C=O) groups is 1. The van der Waals surface area contributed by atoms with Gasteiger partial charge in [0, 0.05) is 4.88 Å². The molecule has 2 heterocycles. The predicted octanol–water partition coefficient (Wildman–Crippen LogP) is 0.289. The van der Waals surface area contributed by atoms with E-state index in [1.807, 2.05) is 0 Å². The van der Waals surface area contributed by atoms with Gasteiger partial charge in [0.05, 0.1) is 17.4 Å². The third kappa shape index (κ3) is 1.93. The van der Waals surface area contributed by atoms with Crippen molar-refractivity contribution in [3.05, 3.63) is 20.8 Å². The Balaban J connectivity index is 2.23. The van der Waals surface area contributed by atoms with Crippen molar-refractivity contribution in [3.63, 3.8) is 0 Å². The van der Waals surface area contributed by atoms with Crippen LogP contribution in [0.5, 0.6) is 0 Å². The number of nitrogens with zero attached hydrogens (tertiary/aromatic N) is 3. The van der Waals surface area contributed by atoms with Gasteiger partial charge in [-0.15, -0.1) is 16.4 Å². The third-order valence-electron chi connectivity index (χ3n) is 3.85. The second kappa shape index (κ2) is 4.66. The molecule has 106 valence electrons. The molecule has 0 aromatic carbocycles. The van der Waals surface area contributed by atoms with E-state index in [4.69, 9.17) is 0 Å². The normalized spacial score (nSPS) is 19.8. The molecule has 2 aromatic rings. The van der Waals surface area contributed by atoms with Crippen molar-refractivity contribution in [3.8, 4) is 0 Å². The van der Waals surface area contributed by atoms with Crippen LogP contribution >= 0.6 is 11.3 Å². The largest absolute Gasteiger partial charge is 0.548 e. The third-order valence-corrected chi connectivity index (χ3v) is 4.99. The van der Waals surface area contributed by atoms with Crippen LogP contribution in [0.15, 0.2) is 4.79 Å². The molecule has 2 atom stereocenters. The van der Waals surface area contributed by atoms with Crippen LogP contribution in [0.2, 0.25) is 0 Å². The number of hydrogen-bond acceptors (Lipinski definition) is 6. The SMILES string of the molecule is C[C@@H]1CCc2c(sc3nnn([C@@H](C)C(=O)[O-])c(=O)c23)C1. The molecule has 0 bridgehead atoms. The average molecular weight is 292 g/mol. The topological polar surface area (TPSA) is 87.9 Å². The highest BCUT2D eigenvalue weighted by Crippen LogP contribution is 2.35. The fourth-order valence-corrected chi connectivity index (χ4v) is 3.94. The van der Waals surface area contributed by atoms with Crippen molar-refractivity contribution in [2.24, 2.45) is 5.92 Å². The van der Waals surface area contributed by atoms with E-state index in [9.17, 15) is 14.7 Å². The summed E-state index contributed by atoms with van der Waals surface area (Å²) in [6.07, 6.45) is 2.83. The van der Waals surface area contributed by atoms with E-state index in [-0.39, 0.29) is 5.56 Å². The standard InChI is InChI=1S/C13H15N3O3S/c1-6-3-4-8-9(5-6)20-11-10(8)12(17)16(15-14-11)7(2)13(18)19/h6-7H,3-5H2,1-2H3,(H,18,19)/p-1/t6-,7+/m1/s1. The fourth-order valence-electron chi connectivity index (χ4n) is 2.62. The summed E-state index contributed by atoms with van der Waals surface area (Å²) >= 11 is 1.50. The Morgan fingerprint density at radius 3 is 3.00 bits per heavy atom. The molecule has 0 aliphatic heterocycles. The number of carbonyl (C=O) groups excluding carboxylic acids is 1. The van der Waals surface area contributed by atoms with Gasteiger partial charge in [-0.2, -0.15) is 0 Å². The Bertz CT molecular complexity index is 749. The number of aryl methyl sites for hydroxylation is 1. The summed E-state index contributed by atoms with van der Waals surface area (Å²) in [5, 5.41) is 19.2. The van der Waals surface area contributed by atoms with Gasteiger partial charge >= 0.3 is 0 Å². The zero-order chi connectivity index (χ0) is 14.4. The molecular formula is C13H14N3O3S-. The van der Waals surface area contributed by atoms with E-state index in [1.54, 1.807) is 0 Å². The lowest BCUT2D eigenvalue weighted by Crippen LogP contribution is -2.38. The zero-order valence-electron chi connectivity index (χ0n) is 11.3. The maximum Gasteiger partial charge on any atom is 0.279 e. The smallest absolute Gasteiger partial charge is 0.279 e. The number of carboxylic acid groups (broad SMARTS) is 1. The first-order valence-electron chi connectivity index (χ1n) is 6.59. The Morgan fingerprint density at radius 2 is 2.30 bits per heavy atom. The van der Waals surface area contributed by atoms with Crippen molar-refractivity contribution in [1.82, 2.24) is 15.0 Å². The summed E-state index contributed by atoms with van der Waals surface area (Å²) in [5.74, 6) is -0.730. The van der Waals surface area contributed by atoms with Gasteiger partial charge in [0.15, 0.2) is 4.83 Å². The molecule has 20 heavy (non-hydrogen) atoms. The van der Waals surface area contributed by atoms with Gasteiger partial charge in [-0.25, -0.2) is 4.68 Å². The minimum atomic E-state index is -1.33. The van der Waals surface area contributed by atoms with E-state index in [2.05, 4.69) is 17.2 Å². The molecule has 3 rings (SSSR count). The molecule has 0 unspecified atom stereocenters. The number of fused-ring (bicyclic) bond motifs is 3. The molecule has 0 saturated carbocycles. The predicted molar refractivity (Wildman–Crippen MR) is 72.6 cm³/mol. The summed E-state index contributed by atoms with van der Waals surface area (Å²) in [4.78, 5) is 25.2. The Hall–Kier alpha value is -1.76. The maximum atomic E-state index is 12.5. The van der Waals surface area contributed by atoms with Gasteiger partial charge < -0.3 is 9.90 Å². The molecule has 0 spiro atoms. The van der Waals surface area contributed by atoms with Crippen molar-refractivity contribution < 1.29 is 9.90 Å². The van der Waals surface area contributed by atoms with Crippen LogP contribution in [0.4, 0.5) is 0 Å². The minimum Gasteiger partial charge on any atom is -0.548 e. The second-order valence-electron chi connectivity index (χ2n) is 5.37. The molecular weight excluding hydrogens is 278 g/mol. The average Bonchev–Trinajstić information content (AvgIpc) is 2.76. The summed E-state index contributed by atoms with van der Waals surface area (Å²) < 4.78 is 0.905. The van der Waals surface area contributed by atoms with Crippen LogP contribution in [-0.2, 0) is 17.6 Å². The Kier molecular flexibility index (Phi) is 3.08. The molecule has 0 fully saturated rings. The summed E-state index contributed by atoms with van der Waals surface area (Å²) in [5.41, 5.74) is 0.654. The van der Waals surface area contributed by atoms with Crippen LogP contribution in [0.1, 0.15) is 36.8 Å². The number of rotatable bonds is 2. The first-order chi connectivity index (χ1) is 9.49. The molecule has 2 aromatic heterocycles. The molecule has 1 aliphatic carbocycles. The number of aliphatic carboxylic acids is 1. The van der Waals surface area contributed by atoms with Crippen molar-refractivity contribution in [1.29, 1.82) is 0 Å². The highest BCUT2D eigenvalue weighted by molar-refractivity contribution is 7.18. The summed E-state index contributed by atoms with van der Waals surface area (Å²) in [6.45, 7) is 3.56. The van der Waals surface area contributed by atoms with E-state index in [1.165, 1.54) is 23.1 Å². The zero-order valence-corrected chi connectivity index (χ0v) is 12.1. The van der Waals surface area contributed by atoms with Gasteiger partial charge in [-0.05, 0) is 37.7 Å². The molecule has 0 saturated heterocycles. The van der Waals surface area contributed by atoms with Crippen LogP contribution in [0.25, 0.3) is 10.2 Å². The molecule has 0 radical (unpaired) electrons. The van der Waals surface area contributed by atoms with Crippen LogP contribution in [-0.4, -0.2) is 21.0 Å². The van der Waals surface area contributed by atoms with Gasteiger partial charge in [-0.3, -0.25) is 4.79 Å². The fraction of sp³-hybridized carbons (Fsp3) is 0.538. The monoisotopic (exact) mass is 292 g/mol. The van der Waals surface area contributed by atoms with Crippen LogP contribution in [0, 0.1) is 5.92 Å². The Labute approximate surface area is 119 Å². The van der Waals surface area contributed by atoms with Crippen molar-refractivity contribution in [2.45, 2.75) is 39.2 Å². The van der Waals surface area contributed by atoms with Gasteiger partial charge in [0.2, 0.25) is 0 Å². The first-order valence-corrected chi connectivity index (χ1v) is 7.41. The highest BCUT2D eigenvalue weighted by atomic mass is 32.1. The lowest BCUT2D eigenvalue weighted by molar-refractivity contribution is -0.310. The van der Waals surface area contributed by atoms with E-state index in [0.717, 1.165) is 29.5 Å². The van der Waals surface area contributed by atoms with Gasteiger partial charge in [0.1, 0.15) is 0 Å².